The summed E-state index contributed by atoms with van der Waals surface area (Å²) < 4.78 is 16.2. The number of ether oxygens (including phenoxy) is 3. The normalized spacial score (nSPS) is 14.0. The largest absolute Gasteiger partial charge is 0.374 e. The fourth-order valence-electron chi connectivity index (χ4n) is 2.29. The second-order valence-electron chi connectivity index (χ2n) is 4.72. The molecule has 0 bridgehead atoms. The summed E-state index contributed by atoms with van der Waals surface area (Å²) in [5.74, 6) is -0.536. The Labute approximate surface area is 129 Å². The molecular formula is C16H21NO5. The predicted octanol–water partition coefficient (Wildman–Crippen LogP) is 1.70. The molecule has 1 aliphatic rings. The summed E-state index contributed by atoms with van der Waals surface area (Å²) in [5.41, 5.74) is 0.906. The molecule has 2 amide bonds. The van der Waals surface area contributed by atoms with Gasteiger partial charge in [0.05, 0.1) is 30.9 Å². The van der Waals surface area contributed by atoms with Crippen molar-refractivity contribution in [3.05, 3.63) is 35.4 Å². The van der Waals surface area contributed by atoms with Crippen molar-refractivity contribution in [2.45, 2.75) is 20.1 Å². The van der Waals surface area contributed by atoms with E-state index in [4.69, 9.17) is 14.2 Å². The van der Waals surface area contributed by atoms with Gasteiger partial charge in [0, 0.05) is 13.2 Å². The molecule has 6 heteroatoms. The lowest BCUT2D eigenvalue weighted by molar-refractivity contribution is -0.167. The van der Waals surface area contributed by atoms with E-state index in [1.165, 1.54) is 4.90 Å². The number of carbonyl (C=O) groups excluding carboxylic acids is 2. The maximum atomic E-state index is 12.1. The molecule has 0 unspecified atom stereocenters. The van der Waals surface area contributed by atoms with Crippen molar-refractivity contribution in [2.75, 3.05) is 33.0 Å². The van der Waals surface area contributed by atoms with Crippen LogP contribution >= 0.6 is 0 Å². The molecular weight excluding hydrogens is 286 g/mol. The topological polar surface area (TPSA) is 65.1 Å². The highest BCUT2D eigenvalue weighted by atomic mass is 16.7. The molecule has 1 aliphatic heterocycles. The van der Waals surface area contributed by atoms with E-state index in [9.17, 15) is 9.59 Å². The van der Waals surface area contributed by atoms with Crippen molar-refractivity contribution < 1.29 is 23.8 Å². The summed E-state index contributed by atoms with van der Waals surface area (Å²) in [4.78, 5) is 25.5. The third-order valence-corrected chi connectivity index (χ3v) is 3.30. The maximum absolute atomic E-state index is 12.1. The average molecular weight is 307 g/mol. The summed E-state index contributed by atoms with van der Waals surface area (Å²) in [6, 6.07) is 6.82. The number of hydrogen-bond donors (Lipinski definition) is 0. The first-order chi connectivity index (χ1) is 10.7. The van der Waals surface area contributed by atoms with Crippen LogP contribution < -0.4 is 0 Å². The van der Waals surface area contributed by atoms with Crippen LogP contribution in [0.2, 0.25) is 0 Å². The van der Waals surface area contributed by atoms with Gasteiger partial charge in [0.25, 0.3) is 11.8 Å². The number of benzene rings is 1. The summed E-state index contributed by atoms with van der Waals surface area (Å²) in [6.07, 6.45) is -0.419. The molecule has 0 saturated heterocycles. The Kier molecular flexibility index (Phi) is 6.06. The van der Waals surface area contributed by atoms with E-state index in [0.717, 1.165) is 0 Å². The molecule has 2 rings (SSSR count). The fraction of sp³-hybridized carbons (Fsp3) is 0.500. The second-order valence-corrected chi connectivity index (χ2v) is 4.72. The molecule has 0 aliphatic carbocycles. The predicted molar refractivity (Wildman–Crippen MR) is 79.7 cm³/mol. The van der Waals surface area contributed by atoms with E-state index < -0.39 is 6.29 Å². The van der Waals surface area contributed by atoms with Crippen molar-refractivity contribution in [3.63, 3.8) is 0 Å². The highest BCUT2D eigenvalue weighted by Crippen LogP contribution is 2.21. The zero-order valence-corrected chi connectivity index (χ0v) is 12.9. The van der Waals surface area contributed by atoms with E-state index in [1.807, 2.05) is 13.8 Å². The lowest BCUT2D eigenvalue weighted by Crippen LogP contribution is -2.34. The van der Waals surface area contributed by atoms with Crippen LogP contribution in [0.3, 0.4) is 0 Å². The minimum atomic E-state index is -0.419. The van der Waals surface area contributed by atoms with Crippen LogP contribution in [0.15, 0.2) is 24.3 Å². The Hall–Kier alpha value is -1.76. The van der Waals surface area contributed by atoms with Crippen LogP contribution in [-0.2, 0) is 14.2 Å². The Bertz CT molecular complexity index is 490. The van der Waals surface area contributed by atoms with Gasteiger partial charge in [-0.05, 0) is 26.0 Å². The molecule has 0 aromatic heterocycles. The maximum Gasteiger partial charge on any atom is 0.261 e. The first-order valence-electron chi connectivity index (χ1n) is 7.45. The van der Waals surface area contributed by atoms with Gasteiger partial charge in [-0.1, -0.05) is 12.1 Å². The highest BCUT2D eigenvalue weighted by molar-refractivity contribution is 6.21. The first kappa shape index (κ1) is 16.6. The van der Waals surface area contributed by atoms with E-state index in [2.05, 4.69) is 0 Å². The average Bonchev–Trinajstić information content (AvgIpc) is 2.77. The Morgan fingerprint density at radius 3 is 2.05 bits per heavy atom. The molecule has 0 saturated carbocycles. The molecule has 0 atom stereocenters. The number of fused-ring (bicyclic) bond motifs is 1. The second kappa shape index (κ2) is 8.03. The standard InChI is InChI=1S/C16H21NO5/c1-3-21-14(22-4-2)11-20-10-9-17-15(18)12-7-5-6-8-13(12)16(17)19/h5-8,14H,3-4,9-11H2,1-2H3. The Balaban J connectivity index is 1.81. The van der Waals surface area contributed by atoms with E-state index >= 15 is 0 Å². The first-order valence-corrected chi connectivity index (χ1v) is 7.45. The smallest absolute Gasteiger partial charge is 0.261 e. The van der Waals surface area contributed by atoms with Crippen molar-refractivity contribution >= 4 is 11.8 Å². The van der Waals surface area contributed by atoms with Crippen LogP contribution in [0.5, 0.6) is 0 Å². The van der Waals surface area contributed by atoms with Gasteiger partial charge in [0.15, 0.2) is 6.29 Å². The van der Waals surface area contributed by atoms with Crippen LogP contribution in [-0.4, -0.2) is 56.0 Å². The molecule has 1 heterocycles. The van der Waals surface area contributed by atoms with Gasteiger partial charge in [-0.3, -0.25) is 14.5 Å². The zero-order valence-electron chi connectivity index (χ0n) is 12.9. The van der Waals surface area contributed by atoms with Gasteiger partial charge in [-0.2, -0.15) is 0 Å². The van der Waals surface area contributed by atoms with Gasteiger partial charge in [-0.15, -0.1) is 0 Å². The SMILES string of the molecule is CCOC(COCCN1C(=O)c2ccccc2C1=O)OCC. The van der Waals surface area contributed by atoms with Crippen LogP contribution in [0.25, 0.3) is 0 Å². The molecule has 0 fully saturated rings. The summed E-state index contributed by atoms with van der Waals surface area (Å²) >= 11 is 0. The zero-order chi connectivity index (χ0) is 15.9. The van der Waals surface area contributed by atoms with E-state index in [0.29, 0.717) is 24.3 Å². The molecule has 0 spiro atoms. The molecule has 0 N–H and O–H groups in total. The van der Waals surface area contributed by atoms with E-state index in [-0.39, 0.29) is 31.6 Å². The van der Waals surface area contributed by atoms with Gasteiger partial charge >= 0.3 is 0 Å². The van der Waals surface area contributed by atoms with Gasteiger partial charge in [-0.25, -0.2) is 0 Å². The molecule has 6 nitrogen and oxygen atoms in total. The van der Waals surface area contributed by atoms with Crippen molar-refractivity contribution in [1.82, 2.24) is 4.90 Å². The lowest BCUT2D eigenvalue weighted by atomic mass is 10.1. The minimum Gasteiger partial charge on any atom is -0.374 e. The number of hydrogen-bond acceptors (Lipinski definition) is 5. The van der Waals surface area contributed by atoms with Crippen LogP contribution in [0, 0.1) is 0 Å². The highest BCUT2D eigenvalue weighted by Gasteiger charge is 2.34. The minimum absolute atomic E-state index is 0.220. The summed E-state index contributed by atoms with van der Waals surface area (Å²) in [5, 5.41) is 0. The third-order valence-electron chi connectivity index (χ3n) is 3.30. The molecule has 22 heavy (non-hydrogen) atoms. The summed E-state index contributed by atoms with van der Waals surface area (Å²) in [6.45, 7) is 5.57. The quantitative estimate of drug-likeness (QED) is 0.395. The number of imide groups is 1. The molecule has 0 radical (unpaired) electrons. The number of nitrogens with zero attached hydrogens (tertiary/aromatic N) is 1. The number of amides is 2. The Morgan fingerprint density at radius 1 is 1.00 bits per heavy atom. The van der Waals surface area contributed by atoms with Gasteiger partial charge in [0.1, 0.15) is 0 Å². The van der Waals surface area contributed by atoms with Gasteiger partial charge < -0.3 is 14.2 Å². The van der Waals surface area contributed by atoms with E-state index in [1.54, 1.807) is 24.3 Å². The van der Waals surface area contributed by atoms with Crippen LogP contribution in [0.1, 0.15) is 34.6 Å². The lowest BCUT2D eigenvalue weighted by Gasteiger charge is -2.18. The van der Waals surface area contributed by atoms with Gasteiger partial charge in [0.2, 0.25) is 0 Å². The number of rotatable bonds is 9. The monoisotopic (exact) mass is 307 g/mol. The van der Waals surface area contributed by atoms with Crippen molar-refractivity contribution in [2.24, 2.45) is 0 Å². The molecule has 1 aromatic rings. The molecule has 1 aromatic carbocycles. The van der Waals surface area contributed by atoms with Crippen molar-refractivity contribution in [1.29, 1.82) is 0 Å². The number of carbonyl (C=O) groups is 2. The third kappa shape index (κ3) is 3.71. The Morgan fingerprint density at radius 2 is 1.55 bits per heavy atom. The van der Waals surface area contributed by atoms with Crippen LogP contribution in [0.4, 0.5) is 0 Å². The molecule has 120 valence electrons. The van der Waals surface area contributed by atoms with Crippen molar-refractivity contribution in [3.8, 4) is 0 Å². The summed E-state index contributed by atoms with van der Waals surface area (Å²) in [7, 11) is 0. The fourth-order valence-corrected chi connectivity index (χ4v) is 2.29.